The lowest BCUT2D eigenvalue weighted by molar-refractivity contribution is 0.213. The number of aryl methyl sites for hydroxylation is 1. The highest BCUT2D eigenvalue weighted by Crippen LogP contribution is 2.31. The van der Waals surface area contributed by atoms with E-state index in [1.165, 1.54) is 30.0 Å². The Morgan fingerprint density at radius 2 is 2.29 bits per heavy atom. The first-order valence-corrected chi connectivity index (χ1v) is 7.71. The third kappa shape index (κ3) is 3.52. The Hall–Kier alpha value is -0.410. The zero-order chi connectivity index (χ0) is 12.3. The van der Waals surface area contributed by atoms with Crippen LogP contribution in [-0.2, 0) is 6.42 Å². The van der Waals surface area contributed by atoms with E-state index < -0.39 is 0 Å². The molecule has 2 nitrogen and oxygen atoms in total. The molecule has 1 fully saturated rings. The van der Waals surface area contributed by atoms with Gasteiger partial charge in [-0.1, -0.05) is 13.8 Å². The highest BCUT2D eigenvalue weighted by Gasteiger charge is 2.28. The van der Waals surface area contributed by atoms with Crippen LogP contribution in [0.15, 0.2) is 5.38 Å². The lowest BCUT2D eigenvalue weighted by Crippen LogP contribution is -2.41. The van der Waals surface area contributed by atoms with Crippen molar-refractivity contribution in [3.63, 3.8) is 0 Å². The molecule has 0 aliphatic heterocycles. The van der Waals surface area contributed by atoms with Gasteiger partial charge >= 0.3 is 0 Å². The minimum atomic E-state index is 0.707. The Bertz CT molecular complexity index is 348. The molecule has 1 aromatic heterocycles. The first kappa shape index (κ1) is 13.0. The molecule has 17 heavy (non-hydrogen) atoms. The fourth-order valence-electron chi connectivity index (χ4n) is 3.03. The predicted octanol–water partition coefficient (Wildman–Crippen LogP) is 3.41. The van der Waals surface area contributed by atoms with Gasteiger partial charge in [0.25, 0.3) is 0 Å². The van der Waals surface area contributed by atoms with Crippen LogP contribution in [0.3, 0.4) is 0 Å². The number of nitrogens with zero attached hydrogens (tertiary/aromatic N) is 1. The summed E-state index contributed by atoms with van der Waals surface area (Å²) in [5.41, 5.74) is 1.30. The van der Waals surface area contributed by atoms with Crippen LogP contribution in [0.5, 0.6) is 0 Å². The van der Waals surface area contributed by atoms with Crippen molar-refractivity contribution < 1.29 is 0 Å². The lowest BCUT2D eigenvalue weighted by atomic mass is 9.77. The van der Waals surface area contributed by atoms with E-state index in [4.69, 9.17) is 0 Å². The zero-order valence-electron chi connectivity index (χ0n) is 11.2. The van der Waals surface area contributed by atoms with E-state index in [2.05, 4.69) is 36.5 Å². The maximum atomic E-state index is 4.62. The van der Waals surface area contributed by atoms with Crippen LogP contribution < -0.4 is 5.32 Å². The summed E-state index contributed by atoms with van der Waals surface area (Å²) in [6, 6.07) is 0.707. The van der Waals surface area contributed by atoms with Gasteiger partial charge in [0, 0.05) is 11.4 Å². The normalized spacial score (nSPS) is 29.5. The van der Waals surface area contributed by atoms with Crippen LogP contribution in [-0.4, -0.2) is 17.6 Å². The molecule has 0 radical (unpaired) electrons. The van der Waals surface area contributed by atoms with Crippen LogP contribution in [0.4, 0.5) is 0 Å². The molecule has 0 saturated heterocycles. The number of nitrogens with one attached hydrogen (secondary N) is 1. The summed E-state index contributed by atoms with van der Waals surface area (Å²) < 4.78 is 0. The minimum Gasteiger partial charge on any atom is -0.314 e. The minimum absolute atomic E-state index is 0.707. The van der Waals surface area contributed by atoms with Crippen molar-refractivity contribution in [2.75, 3.05) is 6.54 Å². The molecule has 0 bridgehead atoms. The maximum absolute atomic E-state index is 4.62. The highest BCUT2D eigenvalue weighted by atomic mass is 32.1. The van der Waals surface area contributed by atoms with Gasteiger partial charge in [0.1, 0.15) is 0 Å². The fourth-order valence-corrected chi connectivity index (χ4v) is 3.65. The van der Waals surface area contributed by atoms with Crippen molar-refractivity contribution in [1.29, 1.82) is 0 Å². The van der Waals surface area contributed by atoms with Gasteiger partial charge in [0.2, 0.25) is 0 Å². The summed E-state index contributed by atoms with van der Waals surface area (Å²) in [6.07, 6.45) is 5.23. The SMILES string of the molecule is CCNC1CCC(C)CC1Cc1csc(C)n1. The maximum Gasteiger partial charge on any atom is 0.0897 e. The van der Waals surface area contributed by atoms with Gasteiger partial charge in [0.05, 0.1) is 10.7 Å². The average Bonchev–Trinajstić information content (AvgIpc) is 2.68. The molecule has 1 aliphatic carbocycles. The van der Waals surface area contributed by atoms with Crippen LogP contribution in [0.25, 0.3) is 0 Å². The Labute approximate surface area is 109 Å². The molecule has 1 aliphatic rings. The quantitative estimate of drug-likeness (QED) is 0.888. The fraction of sp³-hybridized carbons (Fsp3) is 0.786. The Balaban J connectivity index is 1.99. The van der Waals surface area contributed by atoms with E-state index in [-0.39, 0.29) is 0 Å². The molecular formula is C14H24N2S. The first-order chi connectivity index (χ1) is 8.19. The van der Waals surface area contributed by atoms with Crippen molar-refractivity contribution in [3.05, 3.63) is 16.1 Å². The number of rotatable bonds is 4. The molecule has 1 N–H and O–H groups in total. The zero-order valence-corrected chi connectivity index (χ0v) is 12.0. The lowest BCUT2D eigenvalue weighted by Gasteiger charge is -2.35. The molecular weight excluding hydrogens is 228 g/mol. The van der Waals surface area contributed by atoms with Gasteiger partial charge in [-0.05, 0) is 51.0 Å². The topological polar surface area (TPSA) is 24.9 Å². The Kier molecular flexibility index (Phi) is 4.57. The van der Waals surface area contributed by atoms with Crippen molar-refractivity contribution >= 4 is 11.3 Å². The summed E-state index contributed by atoms with van der Waals surface area (Å²) in [5, 5.41) is 7.09. The van der Waals surface area contributed by atoms with E-state index in [1.807, 2.05) is 0 Å². The van der Waals surface area contributed by atoms with Crippen LogP contribution in [0.2, 0.25) is 0 Å². The summed E-state index contributed by atoms with van der Waals surface area (Å²) in [4.78, 5) is 4.62. The first-order valence-electron chi connectivity index (χ1n) is 6.83. The van der Waals surface area contributed by atoms with Gasteiger partial charge in [0.15, 0.2) is 0 Å². The molecule has 96 valence electrons. The van der Waals surface area contributed by atoms with Gasteiger partial charge in [-0.3, -0.25) is 0 Å². The molecule has 2 rings (SSSR count). The van der Waals surface area contributed by atoms with E-state index in [1.54, 1.807) is 11.3 Å². The van der Waals surface area contributed by atoms with Gasteiger partial charge in [-0.15, -0.1) is 11.3 Å². The largest absolute Gasteiger partial charge is 0.314 e. The van der Waals surface area contributed by atoms with Crippen LogP contribution >= 0.6 is 11.3 Å². The van der Waals surface area contributed by atoms with Crippen molar-refractivity contribution in [2.45, 2.75) is 52.5 Å². The average molecular weight is 252 g/mol. The number of hydrogen-bond acceptors (Lipinski definition) is 3. The Morgan fingerprint density at radius 3 is 2.94 bits per heavy atom. The van der Waals surface area contributed by atoms with Crippen molar-refractivity contribution in [3.8, 4) is 0 Å². The molecule has 1 aromatic rings. The summed E-state index contributed by atoms with van der Waals surface area (Å²) in [7, 11) is 0. The van der Waals surface area contributed by atoms with Crippen LogP contribution in [0.1, 0.15) is 43.8 Å². The highest BCUT2D eigenvalue weighted by molar-refractivity contribution is 7.09. The molecule has 0 aromatic carbocycles. The molecule has 3 unspecified atom stereocenters. The molecule has 1 saturated carbocycles. The Morgan fingerprint density at radius 1 is 1.47 bits per heavy atom. The summed E-state index contributed by atoms with van der Waals surface area (Å²) in [5.74, 6) is 1.66. The molecule has 3 atom stereocenters. The smallest absolute Gasteiger partial charge is 0.0897 e. The van der Waals surface area contributed by atoms with Crippen molar-refractivity contribution in [2.24, 2.45) is 11.8 Å². The van der Waals surface area contributed by atoms with Gasteiger partial charge in [-0.25, -0.2) is 4.98 Å². The van der Waals surface area contributed by atoms with E-state index in [9.17, 15) is 0 Å². The van der Waals surface area contributed by atoms with E-state index in [0.29, 0.717) is 6.04 Å². The molecule has 0 spiro atoms. The second-order valence-corrected chi connectivity index (χ2v) is 6.47. The van der Waals surface area contributed by atoms with E-state index in [0.717, 1.165) is 24.8 Å². The third-order valence-corrected chi connectivity index (χ3v) is 4.67. The van der Waals surface area contributed by atoms with Gasteiger partial charge < -0.3 is 5.32 Å². The summed E-state index contributed by atoms with van der Waals surface area (Å²) in [6.45, 7) is 7.79. The number of aromatic nitrogens is 1. The summed E-state index contributed by atoms with van der Waals surface area (Å²) >= 11 is 1.78. The second-order valence-electron chi connectivity index (χ2n) is 5.40. The van der Waals surface area contributed by atoms with Crippen molar-refractivity contribution in [1.82, 2.24) is 10.3 Å². The molecule has 0 amide bonds. The second kappa shape index (κ2) is 5.96. The third-order valence-electron chi connectivity index (χ3n) is 3.85. The standard InChI is InChI=1S/C14H24N2S/c1-4-15-14-6-5-10(2)7-12(14)8-13-9-17-11(3)16-13/h9-10,12,14-15H,4-8H2,1-3H3. The van der Waals surface area contributed by atoms with E-state index >= 15 is 0 Å². The monoisotopic (exact) mass is 252 g/mol. The predicted molar refractivity (Wildman–Crippen MR) is 74.5 cm³/mol. The van der Waals surface area contributed by atoms with Gasteiger partial charge in [-0.2, -0.15) is 0 Å². The molecule has 3 heteroatoms. The molecule has 1 heterocycles. The van der Waals surface area contributed by atoms with Crippen LogP contribution in [0, 0.1) is 18.8 Å². The number of hydrogen-bond donors (Lipinski definition) is 1. The number of thiazole rings is 1.